The molecule has 0 radical (unpaired) electrons. The third kappa shape index (κ3) is 2.65. The van der Waals surface area contributed by atoms with Crippen molar-refractivity contribution in [1.29, 1.82) is 0 Å². The summed E-state index contributed by atoms with van der Waals surface area (Å²) < 4.78 is 1.23. The topological polar surface area (TPSA) is 83.5 Å². The molecule has 1 atom stereocenters. The van der Waals surface area contributed by atoms with Crippen LogP contribution in [0, 0.1) is 10.1 Å². The Bertz CT molecular complexity index is 842. The van der Waals surface area contributed by atoms with Crippen LogP contribution < -0.4 is 0 Å². The Morgan fingerprint density at radius 1 is 1.25 bits per heavy atom. The van der Waals surface area contributed by atoms with E-state index in [9.17, 15) is 19.7 Å². The zero-order valence-corrected chi connectivity index (χ0v) is 13.8. The second-order valence-electron chi connectivity index (χ2n) is 5.36. The third-order valence-electron chi connectivity index (χ3n) is 3.87. The van der Waals surface area contributed by atoms with Gasteiger partial charge < -0.3 is 0 Å². The lowest BCUT2D eigenvalue weighted by atomic mass is 10.0. The molecule has 1 unspecified atom stereocenters. The maximum Gasteiger partial charge on any atom is 0.477 e. The Kier molecular flexibility index (Phi) is 4.06. The number of amides is 2. The SMILES string of the molecule is CN1C(=O)C(=O)[N+](C)=C2C=C(Sc3ccccc3)C([N+](=O)[O-])C=C21. The number of nitrogens with zero attached hydrogens (tertiary/aromatic N) is 3. The lowest BCUT2D eigenvalue weighted by Gasteiger charge is -2.25. The van der Waals surface area contributed by atoms with Crippen molar-refractivity contribution >= 4 is 29.3 Å². The molecule has 0 spiro atoms. The first-order valence-corrected chi connectivity index (χ1v) is 7.94. The molecule has 1 aliphatic heterocycles. The number of hydrogen-bond donors (Lipinski definition) is 0. The Hall–Kier alpha value is -2.74. The molecule has 0 N–H and O–H groups in total. The number of rotatable bonds is 3. The van der Waals surface area contributed by atoms with Crippen molar-refractivity contribution in [3.8, 4) is 0 Å². The van der Waals surface area contributed by atoms with E-state index in [0.29, 0.717) is 16.3 Å². The normalized spacial score (nSPS) is 20.6. The van der Waals surface area contributed by atoms with Gasteiger partial charge in [-0.15, -0.1) is 0 Å². The fourth-order valence-corrected chi connectivity index (χ4v) is 3.56. The van der Waals surface area contributed by atoms with E-state index in [1.165, 1.54) is 36.5 Å². The van der Waals surface area contributed by atoms with Crippen LogP contribution in [0.2, 0.25) is 0 Å². The molecule has 2 aliphatic rings. The summed E-state index contributed by atoms with van der Waals surface area (Å²) in [4.78, 5) is 37.5. The number of carbonyl (C=O) groups is 2. The van der Waals surface area contributed by atoms with Crippen LogP contribution >= 0.6 is 11.8 Å². The minimum absolute atomic E-state index is 0.376. The van der Waals surface area contributed by atoms with Crippen LogP contribution in [0.5, 0.6) is 0 Å². The van der Waals surface area contributed by atoms with E-state index in [1.807, 2.05) is 30.3 Å². The quantitative estimate of drug-likeness (QED) is 0.357. The standard InChI is InChI=1S/C16H14N3O4S/c1-17-11-8-13(19(22)23)14(24-10-6-4-3-5-7-10)9-12(11)18(2)16(21)15(17)20/h3-9,13H,1-2H3/q+1. The first-order valence-electron chi connectivity index (χ1n) is 7.13. The van der Waals surface area contributed by atoms with Crippen LogP contribution in [-0.4, -0.2) is 52.1 Å². The van der Waals surface area contributed by atoms with Crippen LogP contribution in [0.3, 0.4) is 0 Å². The van der Waals surface area contributed by atoms with E-state index in [2.05, 4.69) is 0 Å². The van der Waals surface area contributed by atoms with E-state index < -0.39 is 22.8 Å². The molecule has 0 bridgehead atoms. The van der Waals surface area contributed by atoms with Gasteiger partial charge in [0, 0.05) is 29.0 Å². The second kappa shape index (κ2) is 6.04. The highest BCUT2D eigenvalue weighted by atomic mass is 32.2. The molecule has 3 rings (SSSR count). The average molecular weight is 344 g/mol. The number of benzene rings is 1. The van der Waals surface area contributed by atoms with Gasteiger partial charge in [-0.05, 0) is 12.1 Å². The molecule has 1 aliphatic carbocycles. The van der Waals surface area contributed by atoms with Crippen LogP contribution in [0.15, 0.2) is 58.0 Å². The molecule has 1 aromatic rings. The van der Waals surface area contributed by atoms with Gasteiger partial charge in [0.25, 0.3) is 6.04 Å². The molecule has 7 nitrogen and oxygen atoms in total. The van der Waals surface area contributed by atoms with Gasteiger partial charge in [0.2, 0.25) is 5.71 Å². The van der Waals surface area contributed by atoms with Gasteiger partial charge in [-0.25, -0.2) is 4.79 Å². The van der Waals surface area contributed by atoms with Crippen molar-refractivity contribution in [3.05, 3.63) is 63.2 Å². The highest BCUT2D eigenvalue weighted by Gasteiger charge is 2.44. The van der Waals surface area contributed by atoms with Crippen molar-refractivity contribution in [1.82, 2.24) is 4.90 Å². The van der Waals surface area contributed by atoms with Gasteiger partial charge in [0.1, 0.15) is 12.7 Å². The molecule has 0 fully saturated rings. The summed E-state index contributed by atoms with van der Waals surface area (Å²) in [5.41, 5.74) is 0.861. The summed E-state index contributed by atoms with van der Waals surface area (Å²) in [5, 5.41) is 11.5. The Morgan fingerprint density at radius 2 is 1.92 bits per heavy atom. The van der Waals surface area contributed by atoms with Crippen LogP contribution in [0.1, 0.15) is 0 Å². The highest BCUT2D eigenvalue weighted by molar-refractivity contribution is 8.03. The predicted octanol–water partition coefficient (Wildman–Crippen LogP) is 1.29. The molecule has 2 amide bonds. The predicted molar refractivity (Wildman–Crippen MR) is 88.2 cm³/mol. The number of likely N-dealkylation sites (N-methyl/N-ethyl adjacent to an activating group) is 2. The molecule has 0 saturated carbocycles. The molecule has 8 heteroatoms. The number of nitro groups is 1. The molecule has 1 heterocycles. The Balaban J connectivity index is 2.09. The molecule has 0 saturated heterocycles. The van der Waals surface area contributed by atoms with Gasteiger partial charge in [-0.3, -0.25) is 19.8 Å². The Morgan fingerprint density at radius 3 is 2.54 bits per heavy atom. The summed E-state index contributed by atoms with van der Waals surface area (Å²) in [6.07, 6.45) is 3.03. The van der Waals surface area contributed by atoms with Crippen molar-refractivity contribution in [2.75, 3.05) is 14.1 Å². The van der Waals surface area contributed by atoms with Crippen LogP contribution in [0.25, 0.3) is 0 Å². The summed E-state index contributed by atoms with van der Waals surface area (Å²) in [5.74, 6) is -1.37. The second-order valence-corrected chi connectivity index (χ2v) is 6.50. The maximum atomic E-state index is 12.0. The third-order valence-corrected chi connectivity index (χ3v) is 4.97. The monoisotopic (exact) mass is 344 g/mol. The number of fused-ring (bicyclic) bond motifs is 1. The van der Waals surface area contributed by atoms with Crippen molar-refractivity contribution in [2.45, 2.75) is 10.9 Å². The Labute approximate surface area is 142 Å². The summed E-state index contributed by atoms with van der Waals surface area (Å²) in [6, 6.07) is 8.22. The zero-order chi connectivity index (χ0) is 17.4. The molecular formula is C16H14N3O4S+. The average Bonchev–Trinajstić information content (AvgIpc) is 2.58. The summed E-state index contributed by atoms with van der Waals surface area (Å²) in [6.45, 7) is 0. The maximum absolute atomic E-state index is 12.0. The van der Waals surface area contributed by atoms with Gasteiger partial charge in [-0.2, -0.15) is 4.58 Å². The van der Waals surface area contributed by atoms with Gasteiger partial charge in [-0.1, -0.05) is 30.0 Å². The molecule has 1 aromatic carbocycles. The molecule has 122 valence electrons. The van der Waals surface area contributed by atoms with Crippen molar-refractivity contribution in [3.63, 3.8) is 0 Å². The smallest absolute Gasteiger partial charge is 0.297 e. The highest BCUT2D eigenvalue weighted by Crippen LogP contribution is 2.34. The van der Waals surface area contributed by atoms with E-state index in [4.69, 9.17) is 0 Å². The van der Waals surface area contributed by atoms with E-state index in [0.717, 1.165) is 9.80 Å². The van der Waals surface area contributed by atoms with Crippen molar-refractivity contribution in [2.24, 2.45) is 0 Å². The van der Waals surface area contributed by atoms with Gasteiger partial charge in [0.15, 0.2) is 0 Å². The number of carbonyl (C=O) groups excluding carboxylic acids is 2. The lowest BCUT2D eigenvalue weighted by Crippen LogP contribution is -2.49. The van der Waals surface area contributed by atoms with E-state index in [-0.39, 0.29) is 0 Å². The zero-order valence-electron chi connectivity index (χ0n) is 13.0. The first-order chi connectivity index (χ1) is 11.4. The minimum atomic E-state index is -1.06. The first kappa shape index (κ1) is 16.1. The number of thioether (sulfide) groups is 1. The fraction of sp³-hybridized carbons (Fsp3) is 0.188. The summed E-state index contributed by atoms with van der Waals surface area (Å²) in [7, 11) is 2.93. The molecule has 24 heavy (non-hydrogen) atoms. The van der Waals surface area contributed by atoms with E-state index in [1.54, 1.807) is 6.08 Å². The van der Waals surface area contributed by atoms with Gasteiger partial charge >= 0.3 is 11.8 Å². The fourth-order valence-electron chi connectivity index (χ4n) is 2.55. The number of hydrogen-bond acceptors (Lipinski definition) is 5. The van der Waals surface area contributed by atoms with Gasteiger partial charge in [0.05, 0.1) is 4.91 Å². The largest absolute Gasteiger partial charge is 0.477 e. The number of allylic oxidation sites excluding steroid dienone is 1. The van der Waals surface area contributed by atoms with Crippen molar-refractivity contribution < 1.29 is 19.1 Å². The van der Waals surface area contributed by atoms with Crippen LogP contribution in [0.4, 0.5) is 0 Å². The van der Waals surface area contributed by atoms with E-state index >= 15 is 0 Å². The molecule has 0 aromatic heterocycles. The minimum Gasteiger partial charge on any atom is -0.297 e. The summed E-state index contributed by atoms with van der Waals surface area (Å²) >= 11 is 1.27. The molecular weight excluding hydrogens is 330 g/mol. The lowest BCUT2D eigenvalue weighted by molar-refractivity contribution is -0.498. The van der Waals surface area contributed by atoms with Crippen LogP contribution in [-0.2, 0) is 9.59 Å².